The van der Waals surface area contributed by atoms with E-state index in [1.165, 1.54) is 6.42 Å². The van der Waals surface area contributed by atoms with Crippen LogP contribution in [0.1, 0.15) is 39.7 Å². The molecule has 1 heterocycles. The number of nitriles is 1. The Balaban J connectivity index is 2.26. The zero-order chi connectivity index (χ0) is 15.5. The summed E-state index contributed by atoms with van der Waals surface area (Å²) in [5.74, 6) is 0. The van der Waals surface area contributed by atoms with Crippen LogP contribution in [0.3, 0.4) is 0 Å². The second kappa shape index (κ2) is 6.17. The quantitative estimate of drug-likeness (QED) is 0.903. The van der Waals surface area contributed by atoms with E-state index in [9.17, 15) is 5.26 Å². The van der Waals surface area contributed by atoms with E-state index in [2.05, 4.69) is 56.1 Å². The Hall–Kier alpha value is -1.37. The molecule has 0 amide bonds. The first kappa shape index (κ1) is 16.0. The number of rotatable bonds is 5. The molecule has 2 rings (SSSR count). The van der Waals surface area contributed by atoms with Gasteiger partial charge in [0.25, 0.3) is 0 Å². The lowest BCUT2D eigenvalue weighted by Crippen LogP contribution is -2.52. The lowest BCUT2D eigenvalue weighted by Gasteiger charge is -2.35. The molecule has 1 unspecified atom stereocenters. The van der Waals surface area contributed by atoms with Crippen molar-refractivity contribution in [3.05, 3.63) is 35.9 Å². The van der Waals surface area contributed by atoms with Gasteiger partial charge in [0.05, 0.1) is 6.07 Å². The summed E-state index contributed by atoms with van der Waals surface area (Å²) in [6.07, 6.45) is 1.20. The van der Waals surface area contributed by atoms with Gasteiger partial charge in [-0.3, -0.25) is 10.2 Å². The normalized spacial score (nSPS) is 21.1. The fraction of sp³-hybridized carbons (Fsp3) is 0.611. The summed E-state index contributed by atoms with van der Waals surface area (Å²) >= 11 is 0. The van der Waals surface area contributed by atoms with Crippen molar-refractivity contribution in [2.45, 2.75) is 45.7 Å². The molecule has 0 spiro atoms. The van der Waals surface area contributed by atoms with Crippen molar-refractivity contribution in [3.8, 4) is 6.07 Å². The molecule has 1 saturated heterocycles. The van der Waals surface area contributed by atoms with Gasteiger partial charge in [-0.05, 0) is 37.8 Å². The standard InChI is InChI=1S/C18H27N3/c1-15(2)20-18(12-19,16-8-6-5-7-9-16)14-21-11-10-17(3,4)13-21/h5-9,15,20H,10-11,13-14H2,1-4H3. The third-order valence-electron chi connectivity index (χ3n) is 4.21. The van der Waals surface area contributed by atoms with Gasteiger partial charge in [-0.15, -0.1) is 0 Å². The monoisotopic (exact) mass is 285 g/mol. The molecule has 0 bridgehead atoms. The molecule has 1 aromatic carbocycles. The Bertz CT molecular complexity index is 501. The van der Waals surface area contributed by atoms with Crippen molar-refractivity contribution < 1.29 is 0 Å². The number of nitrogens with zero attached hydrogens (tertiary/aromatic N) is 2. The molecule has 3 nitrogen and oxygen atoms in total. The van der Waals surface area contributed by atoms with Crippen molar-refractivity contribution >= 4 is 0 Å². The van der Waals surface area contributed by atoms with E-state index in [0.717, 1.165) is 25.2 Å². The van der Waals surface area contributed by atoms with Gasteiger partial charge in [-0.25, -0.2) is 0 Å². The molecular weight excluding hydrogens is 258 g/mol. The van der Waals surface area contributed by atoms with Crippen molar-refractivity contribution in [1.82, 2.24) is 10.2 Å². The van der Waals surface area contributed by atoms with E-state index in [0.29, 0.717) is 5.41 Å². The number of benzene rings is 1. The molecule has 1 aliphatic heterocycles. The second-order valence-corrected chi connectivity index (χ2v) is 7.31. The lowest BCUT2D eigenvalue weighted by molar-refractivity contribution is 0.220. The summed E-state index contributed by atoms with van der Waals surface area (Å²) in [4.78, 5) is 2.42. The zero-order valence-electron chi connectivity index (χ0n) is 13.7. The van der Waals surface area contributed by atoms with Crippen molar-refractivity contribution in [3.63, 3.8) is 0 Å². The maximum atomic E-state index is 9.93. The summed E-state index contributed by atoms with van der Waals surface area (Å²) in [6, 6.07) is 13.0. The minimum Gasteiger partial charge on any atom is -0.300 e. The predicted molar refractivity (Wildman–Crippen MR) is 86.8 cm³/mol. The van der Waals surface area contributed by atoms with Crippen LogP contribution in [0.25, 0.3) is 0 Å². The number of likely N-dealkylation sites (tertiary alicyclic amines) is 1. The molecule has 0 saturated carbocycles. The van der Waals surface area contributed by atoms with Crippen LogP contribution in [0.4, 0.5) is 0 Å². The summed E-state index contributed by atoms with van der Waals surface area (Å²) in [5, 5.41) is 13.4. The topological polar surface area (TPSA) is 39.1 Å². The fourth-order valence-corrected chi connectivity index (χ4v) is 3.26. The van der Waals surface area contributed by atoms with Crippen molar-refractivity contribution in [2.75, 3.05) is 19.6 Å². The third kappa shape index (κ3) is 3.84. The Morgan fingerprint density at radius 3 is 2.48 bits per heavy atom. The number of nitrogens with one attached hydrogen (secondary N) is 1. The van der Waals surface area contributed by atoms with Crippen LogP contribution in [0.15, 0.2) is 30.3 Å². The number of hydrogen-bond donors (Lipinski definition) is 1. The molecule has 0 aliphatic carbocycles. The highest BCUT2D eigenvalue weighted by Gasteiger charge is 2.38. The van der Waals surface area contributed by atoms with Crippen LogP contribution in [0.5, 0.6) is 0 Å². The zero-order valence-corrected chi connectivity index (χ0v) is 13.7. The van der Waals surface area contributed by atoms with E-state index >= 15 is 0 Å². The molecule has 114 valence electrons. The first-order valence-electron chi connectivity index (χ1n) is 7.84. The molecule has 3 heteroatoms. The fourth-order valence-electron chi connectivity index (χ4n) is 3.26. The molecule has 1 fully saturated rings. The summed E-state index contributed by atoms with van der Waals surface area (Å²) < 4.78 is 0. The van der Waals surface area contributed by atoms with Gasteiger partial charge >= 0.3 is 0 Å². The molecule has 1 N–H and O–H groups in total. The number of hydrogen-bond acceptors (Lipinski definition) is 3. The third-order valence-corrected chi connectivity index (χ3v) is 4.21. The molecule has 0 aromatic heterocycles. The van der Waals surface area contributed by atoms with Gasteiger partial charge in [-0.2, -0.15) is 5.26 Å². The van der Waals surface area contributed by atoms with Gasteiger partial charge < -0.3 is 0 Å². The van der Waals surface area contributed by atoms with Crippen LogP contribution in [0, 0.1) is 16.7 Å². The molecule has 1 aromatic rings. The molecule has 21 heavy (non-hydrogen) atoms. The van der Waals surface area contributed by atoms with Gasteiger partial charge in [-0.1, -0.05) is 44.2 Å². The van der Waals surface area contributed by atoms with Crippen LogP contribution < -0.4 is 5.32 Å². The van der Waals surface area contributed by atoms with Crippen molar-refractivity contribution in [2.24, 2.45) is 5.41 Å². The average Bonchev–Trinajstić information content (AvgIpc) is 2.77. The first-order valence-corrected chi connectivity index (χ1v) is 7.84. The molecule has 1 aliphatic rings. The SMILES string of the molecule is CC(C)NC(C#N)(CN1CCC(C)(C)C1)c1ccccc1. The minimum atomic E-state index is -0.629. The maximum absolute atomic E-state index is 9.93. The Morgan fingerprint density at radius 2 is 2.00 bits per heavy atom. The summed E-state index contributed by atoms with van der Waals surface area (Å²) in [6.45, 7) is 11.7. The lowest BCUT2D eigenvalue weighted by atomic mass is 9.89. The highest BCUT2D eigenvalue weighted by atomic mass is 15.2. The Kier molecular flexibility index (Phi) is 4.70. The Morgan fingerprint density at radius 1 is 1.33 bits per heavy atom. The van der Waals surface area contributed by atoms with E-state index in [-0.39, 0.29) is 6.04 Å². The first-order chi connectivity index (χ1) is 9.87. The van der Waals surface area contributed by atoms with E-state index < -0.39 is 5.54 Å². The molecule has 1 atom stereocenters. The largest absolute Gasteiger partial charge is 0.300 e. The van der Waals surface area contributed by atoms with Gasteiger partial charge in [0.2, 0.25) is 0 Å². The Labute approximate surface area is 129 Å². The van der Waals surface area contributed by atoms with Gasteiger partial charge in [0, 0.05) is 19.1 Å². The van der Waals surface area contributed by atoms with E-state index in [1.807, 2.05) is 18.2 Å². The maximum Gasteiger partial charge on any atom is 0.145 e. The van der Waals surface area contributed by atoms with E-state index in [1.54, 1.807) is 0 Å². The van der Waals surface area contributed by atoms with Crippen LogP contribution in [-0.4, -0.2) is 30.6 Å². The minimum absolute atomic E-state index is 0.264. The summed E-state index contributed by atoms with van der Waals surface area (Å²) in [7, 11) is 0. The average molecular weight is 285 g/mol. The second-order valence-electron chi connectivity index (χ2n) is 7.31. The summed E-state index contributed by atoms with van der Waals surface area (Å²) in [5.41, 5.74) is 0.789. The molecular formula is C18H27N3. The van der Waals surface area contributed by atoms with Crippen LogP contribution >= 0.6 is 0 Å². The highest BCUT2D eigenvalue weighted by molar-refractivity contribution is 5.32. The highest BCUT2D eigenvalue weighted by Crippen LogP contribution is 2.32. The van der Waals surface area contributed by atoms with Crippen LogP contribution in [0.2, 0.25) is 0 Å². The van der Waals surface area contributed by atoms with Gasteiger partial charge in [0.15, 0.2) is 0 Å². The van der Waals surface area contributed by atoms with Crippen molar-refractivity contribution in [1.29, 1.82) is 5.26 Å². The van der Waals surface area contributed by atoms with Gasteiger partial charge in [0.1, 0.15) is 5.54 Å². The predicted octanol–water partition coefficient (Wildman–Crippen LogP) is 3.14. The van der Waals surface area contributed by atoms with E-state index in [4.69, 9.17) is 0 Å². The smallest absolute Gasteiger partial charge is 0.145 e. The van der Waals surface area contributed by atoms with Crippen LogP contribution in [-0.2, 0) is 5.54 Å². The molecule has 0 radical (unpaired) electrons.